The zero-order valence-corrected chi connectivity index (χ0v) is 9.88. The van der Waals surface area contributed by atoms with Crippen molar-refractivity contribution in [2.45, 2.75) is 0 Å². The molecule has 3 aromatic rings. The van der Waals surface area contributed by atoms with E-state index in [1.54, 1.807) is 13.4 Å². The normalized spacial score (nSPS) is 10.5. The van der Waals surface area contributed by atoms with Crippen molar-refractivity contribution in [1.82, 2.24) is 10.2 Å². The summed E-state index contributed by atoms with van der Waals surface area (Å²) in [5.74, 6) is 1.61. The second-order valence-corrected chi connectivity index (χ2v) is 3.87. The minimum atomic E-state index is 0.780. The molecule has 0 atom stereocenters. The summed E-state index contributed by atoms with van der Waals surface area (Å²) < 4.78 is 10.4. The van der Waals surface area contributed by atoms with Gasteiger partial charge in [0.15, 0.2) is 5.76 Å². The number of rotatable bonds is 3. The number of aromatic amines is 1. The molecular formula is C14H12N2O2. The Bertz CT molecular complexity index is 624. The van der Waals surface area contributed by atoms with Crippen molar-refractivity contribution in [1.29, 1.82) is 0 Å². The Labute approximate surface area is 104 Å². The fourth-order valence-corrected chi connectivity index (χ4v) is 1.79. The highest BCUT2D eigenvalue weighted by Crippen LogP contribution is 2.25. The molecule has 0 saturated heterocycles. The average molecular weight is 240 g/mol. The van der Waals surface area contributed by atoms with E-state index in [9.17, 15) is 0 Å². The molecule has 1 N–H and O–H groups in total. The number of hydrogen-bond donors (Lipinski definition) is 1. The van der Waals surface area contributed by atoms with Gasteiger partial charge in [0.1, 0.15) is 11.4 Å². The van der Waals surface area contributed by atoms with E-state index in [1.165, 1.54) is 0 Å². The SMILES string of the molecule is COc1ccc(-c2cc(-c3ccco3)[nH]n2)cc1. The molecule has 0 radical (unpaired) electrons. The summed E-state index contributed by atoms with van der Waals surface area (Å²) in [5.41, 5.74) is 2.78. The monoisotopic (exact) mass is 240 g/mol. The van der Waals surface area contributed by atoms with Gasteiger partial charge in [0.05, 0.1) is 19.1 Å². The average Bonchev–Trinajstić information content (AvgIpc) is 3.09. The van der Waals surface area contributed by atoms with Crippen molar-refractivity contribution in [3.63, 3.8) is 0 Å². The highest BCUT2D eigenvalue weighted by atomic mass is 16.5. The molecule has 4 nitrogen and oxygen atoms in total. The molecule has 0 unspecified atom stereocenters. The number of hydrogen-bond acceptors (Lipinski definition) is 3. The van der Waals surface area contributed by atoms with Gasteiger partial charge in [-0.2, -0.15) is 5.10 Å². The molecule has 0 saturated carbocycles. The quantitative estimate of drug-likeness (QED) is 0.763. The molecule has 0 aliphatic rings. The summed E-state index contributed by atoms with van der Waals surface area (Å²) in [6.45, 7) is 0. The van der Waals surface area contributed by atoms with Crippen LogP contribution in [0.25, 0.3) is 22.7 Å². The first kappa shape index (κ1) is 10.7. The number of nitrogens with zero attached hydrogens (tertiary/aromatic N) is 1. The fraction of sp³-hybridized carbons (Fsp3) is 0.0714. The Morgan fingerprint density at radius 2 is 2.00 bits per heavy atom. The highest BCUT2D eigenvalue weighted by molar-refractivity contribution is 5.66. The summed E-state index contributed by atoms with van der Waals surface area (Å²) >= 11 is 0. The van der Waals surface area contributed by atoms with E-state index in [-0.39, 0.29) is 0 Å². The lowest BCUT2D eigenvalue weighted by atomic mass is 10.1. The van der Waals surface area contributed by atoms with Crippen LogP contribution < -0.4 is 4.74 Å². The van der Waals surface area contributed by atoms with E-state index in [0.717, 1.165) is 28.5 Å². The van der Waals surface area contributed by atoms with Gasteiger partial charge >= 0.3 is 0 Å². The van der Waals surface area contributed by atoms with Crippen LogP contribution in [-0.2, 0) is 0 Å². The summed E-state index contributed by atoms with van der Waals surface area (Å²) in [6, 6.07) is 13.5. The second-order valence-electron chi connectivity index (χ2n) is 3.87. The molecule has 0 bridgehead atoms. The number of H-pyrrole nitrogens is 1. The van der Waals surface area contributed by atoms with Crippen LogP contribution in [-0.4, -0.2) is 17.3 Å². The lowest BCUT2D eigenvalue weighted by molar-refractivity contribution is 0.415. The minimum absolute atomic E-state index is 0.780. The zero-order chi connectivity index (χ0) is 12.4. The molecule has 2 aromatic heterocycles. The van der Waals surface area contributed by atoms with E-state index in [2.05, 4.69) is 10.2 Å². The van der Waals surface area contributed by atoms with Gasteiger partial charge in [0.25, 0.3) is 0 Å². The third kappa shape index (κ3) is 1.88. The Kier molecular flexibility index (Phi) is 2.61. The van der Waals surface area contributed by atoms with Gasteiger partial charge in [0.2, 0.25) is 0 Å². The van der Waals surface area contributed by atoms with Crippen LogP contribution in [0.1, 0.15) is 0 Å². The number of nitrogens with one attached hydrogen (secondary N) is 1. The Balaban J connectivity index is 1.92. The first-order valence-corrected chi connectivity index (χ1v) is 5.60. The topological polar surface area (TPSA) is 51.0 Å². The van der Waals surface area contributed by atoms with Gasteiger partial charge < -0.3 is 9.15 Å². The third-order valence-corrected chi connectivity index (χ3v) is 2.75. The fourth-order valence-electron chi connectivity index (χ4n) is 1.79. The van der Waals surface area contributed by atoms with Crippen LogP contribution in [0.3, 0.4) is 0 Å². The van der Waals surface area contributed by atoms with Gasteiger partial charge in [0, 0.05) is 5.56 Å². The molecule has 0 amide bonds. The zero-order valence-electron chi connectivity index (χ0n) is 9.88. The number of aromatic nitrogens is 2. The van der Waals surface area contributed by atoms with Gasteiger partial charge in [-0.25, -0.2) is 0 Å². The van der Waals surface area contributed by atoms with E-state index in [1.807, 2.05) is 42.5 Å². The van der Waals surface area contributed by atoms with Crippen molar-refractivity contribution in [2.75, 3.05) is 7.11 Å². The smallest absolute Gasteiger partial charge is 0.151 e. The van der Waals surface area contributed by atoms with Gasteiger partial charge in [-0.3, -0.25) is 5.10 Å². The molecule has 0 aliphatic heterocycles. The molecule has 0 aliphatic carbocycles. The van der Waals surface area contributed by atoms with Crippen LogP contribution >= 0.6 is 0 Å². The Morgan fingerprint density at radius 3 is 2.67 bits per heavy atom. The molecule has 4 heteroatoms. The molecule has 1 aromatic carbocycles. The summed E-state index contributed by atoms with van der Waals surface area (Å²) in [5, 5.41) is 7.23. The van der Waals surface area contributed by atoms with Gasteiger partial charge in [-0.1, -0.05) is 0 Å². The number of methoxy groups -OCH3 is 1. The van der Waals surface area contributed by atoms with Crippen LogP contribution in [0.2, 0.25) is 0 Å². The van der Waals surface area contributed by atoms with E-state index >= 15 is 0 Å². The summed E-state index contributed by atoms with van der Waals surface area (Å²) in [6.07, 6.45) is 1.64. The molecule has 18 heavy (non-hydrogen) atoms. The summed E-state index contributed by atoms with van der Waals surface area (Å²) in [7, 11) is 1.65. The first-order valence-electron chi connectivity index (χ1n) is 5.60. The van der Waals surface area contributed by atoms with Crippen LogP contribution in [0.5, 0.6) is 5.75 Å². The van der Waals surface area contributed by atoms with E-state index in [4.69, 9.17) is 9.15 Å². The predicted octanol–water partition coefficient (Wildman–Crippen LogP) is 3.35. The van der Waals surface area contributed by atoms with Gasteiger partial charge in [-0.05, 0) is 42.5 Å². The number of benzene rings is 1. The second kappa shape index (κ2) is 4.41. The van der Waals surface area contributed by atoms with Crippen molar-refractivity contribution in [3.8, 4) is 28.5 Å². The Hall–Kier alpha value is -2.49. The van der Waals surface area contributed by atoms with Crippen molar-refractivity contribution in [3.05, 3.63) is 48.7 Å². The van der Waals surface area contributed by atoms with Gasteiger partial charge in [-0.15, -0.1) is 0 Å². The third-order valence-electron chi connectivity index (χ3n) is 2.75. The van der Waals surface area contributed by atoms with Crippen LogP contribution in [0.15, 0.2) is 53.1 Å². The van der Waals surface area contributed by atoms with E-state index < -0.39 is 0 Å². The van der Waals surface area contributed by atoms with Crippen molar-refractivity contribution >= 4 is 0 Å². The molecule has 2 heterocycles. The van der Waals surface area contributed by atoms with Crippen LogP contribution in [0, 0.1) is 0 Å². The minimum Gasteiger partial charge on any atom is -0.497 e. The molecular weight excluding hydrogens is 228 g/mol. The van der Waals surface area contributed by atoms with Crippen molar-refractivity contribution in [2.24, 2.45) is 0 Å². The largest absolute Gasteiger partial charge is 0.497 e. The molecule has 90 valence electrons. The predicted molar refractivity (Wildman–Crippen MR) is 68.3 cm³/mol. The lowest BCUT2D eigenvalue weighted by Crippen LogP contribution is -1.82. The Morgan fingerprint density at radius 1 is 1.17 bits per heavy atom. The molecule has 0 spiro atoms. The first-order chi connectivity index (χ1) is 8.86. The number of furan rings is 1. The maximum atomic E-state index is 5.31. The van der Waals surface area contributed by atoms with E-state index in [0.29, 0.717) is 0 Å². The lowest BCUT2D eigenvalue weighted by Gasteiger charge is -1.99. The maximum absolute atomic E-state index is 5.31. The standard InChI is InChI=1S/C14H12N2O2/c1-17-11-6-4-10(5-7-11)12-9-13(16-15-12)14-3-2-8-18-14/h2-9H,1H3,(H,15,16). The molecule has 0 fully saturated rings. The molecule has 3 rings (SSSR count). The van der Waals surface area contributed by atoms with Crippen molar-refractivity contribution < 1.29 is 9.15 Å². The highest BCUT2D eigenvalue weighted by Gasteiger charge is 2.07. The maximum Gasteiger partial charge on any atom is 0.151 e. The van der Waals surface area contributed by atoms with Crippen LogP contribution in [0.4, 0.5) is 0 Å². The summed E-state index contributed by atoms with van der Waals surface area (Å²) in [4.78, 5) is 0. The number of ether oxygens (including phenoxy) is 1.